The Morgan fingerprint density at radius 1 is 0.381 bits per heavy atom. The van der Waals surface area contributed by atoms with E-state index >= 15 is 0 Å². The molecule has 5 heteroatoms. The summed E-state index contributed by atoms with van der Waals surface area (Å²) in [4.78, 5) is 10.2. The summed E-state index contributed by atoms with van der Waals surface area (Å²) in [5.41, 5.74) is 3.62. The van der Waals surface area contributed by atoms with Crippen molar-refractivity contribution in [3.8, 4) is 0 Å². The molecule has 302 valence electrons. The van der Waals surface area contributed by atoms with Gasteiger partial charge in [-0.15, -0.1) is 0 Å². The lowest BCUT2D eigenvalue weighted by molar-refractivity contribution is 1.37. The second-order valence-corrected chi connectivity index (χ2v) is 23.4. The molecule has 1 N–H and O–H groups in total. The first-order valence-corrected chi connectivity index (χ1v) is 25.4. The van der Waals surface area contributed by atoms with Crippen molar-refractivity contribution in [1.29, 1.82) is 5.41 Å². The molecule has 0 heterocycles. The van der Waals surface area contributed by atoms with E-state index < -0.39 is 16.1 Å². The minimum atomic E-state index is -2.82. The molecular weight excluding hydrogens is 795 g/mol. The number of nitrogens with one attached hydrogen (secondary N) is 1. The third-order valence-electron chi connectivity index (χ3n) is 12.1. The van der Waals surface area contributed by atoms with Gasteiger partial charge in [0, 0.05) is 17.3 Å². The van der Waals surface area contributed by atoms with Crippen LogP contribution in [0.5, 0.6) is 0 Å². The summed E-state index contributed by atoms with van der Waals surface area (Å²) in [6, 6.07) is 90.9. The average molecular weight is 842 g/mol. The van der Waals surface area contributed by atoms with Gasteiger partial charge in [0.25, 0.3) is 0 Å². The smallest absolute Gasteiger partial charge is 0.179 e. The van der Waals surface area contributed by atoms with Crippen LogP contribution in [0.25, 0.3) is 0 Å². The first kappa shape index (κ1) is 40.8. The Balaban J connectivity index is 1.16. The van der Waals surface area contributed by atoms with Crippen LogP contribution in [0.15, 0.2) is 265 Å². The zero-order valence-corrected chi connectivity index (χ0v) is 37.2. The van der Waals surface area contributed by atoms with Crippen LogP contribution in [0.1, 0.15) is 22.3 Å². The lowest BCUT2D eigenvalue weighted by Crippen LogP contribution is -2.74. The van der Waals surface area contributed by atoms with Gasteiger partial charge in [0.05, 0.1) is 0 Å². The van der Waals surface area contributed by atoms with Crippen molar-refractivity contribution in [2.45, 2.75) is 6.92 Å². The highest BCUT2D eigenvalue weighted by molar-refractivity contribution is 7.20. The summed E-state index contributed by atoms with van der Waals surface area (Å²) in [5.74, 6) is 0.644. The number of hydrogen-bond donors (Lipinski definition) is 1. The Bertz CT molecular complexity index is 2820. The van der Waals surface area contributed by atoms with Crippen molar-refractivity contribution >= 4 is 75.5 Å². The molecule has 0 fully saturated rings. The standard InChI is InChI=1S/C58H47N3Si2/c1-45-24-20-21-41-56(45)58(60-44-46-25-22-39-54(42-46)62(48-27-8-2-9-28-48,49-29-10-3-11-30-49)50-31-12-4-13-32-50)61-57(59)47-26-23-40-55(43-47)63(51-33-14-5-15-34-51,52-35-16-6-17-36-52)53-37-18-7-19-38-53/h2-44,59H,1H3. The van der Waals surface area contributed by atoms with Gasteiger partial charge in [-0.05, 0) is 59.5 Å². The molecule has 0 aliphatic carbocycles. The van der Waals surface area contributed by atoms with E-state index in [2.05, 4.69) is 237 Å². The van der Waals surface area contributed by atoms with Gasteiger partial charge in [0.1, 0.15) is 0 Å². The predicted molar refractivity (Wildman–Crippen MR) is 272 cm³/mol. The summed E-state index contributed by atoms with van der Waals surface area (Å²) in [7, 11) is -5.56. The van der Waals surface area contributed by atoms with E-state index in [-0.39, 0.29) is 5.84 Å². The quantitative estimate of drug-likeness (QED) is 0.0603. The highest BCUT2D eigenvalue weighted by Gasteiger charge is 2.42. The molecule has 0 aliphatic rings. The van der Waals surface area contributed by atoms with Crippen LogP contribution in [-0.2, 0) is 0 Å². The summed E-state index contributed by atoms with van der Waals surface area (Å²) in [6.07, 6.45) is 1.91. The number of rotatable bonds is 11. The number of aryl methyl sites for hydroxylation is 1. The fourth-order valence-electron chi connectivity index (χ4n) is 9.17. The molecule has 0 atom stereocenters. The van der Waals surface area contributed by atoms with Crippen molar-refractivity contribution in [3.05, 3.63) is 277 Å². The third-order valence-corrected chi connectivity index (χ3v) is 21.6. The summed E-state index contributed by atoms with van der Waals surface area (Å²) >= 11 is 0. The van der Waals surface area contributed by atoms with Gasteiger partial charge >= 0.3 is 0 Å². The fraction of sp³-hybridized carbons (Fsp3) is 0.0172. The Morgan fingerprint density at radius 2 is 0.730 bits per heavy atom. The van der Waals surface area contributed by atoms with Crippen molar-refractivity contribution in [3.63, 3.8) is 0 Å². The van der Waals surface area contributed by atoms with Crippen LogP contribution >= 0.6 is 0 Å². The molecule has 9 aromatic rings. The number of nitrogens with zero attached hydrogens (tertiary/aromatic N) is 2. The summed E-state index contributed by atoms with van der Waals surface area (Å²) < 4.78 is 0. The second kappa shape index (κ2) is 18.6. The lowest BCUT2D eigenvalue weighted by Gasteiger charge is -2.34. The third kappa shape index (κ3) is 8.04. The Kier molecular flexibility index (Phi) is 12.0. The van der Waals surface area contributed by atoms with Crippen molar-refractivity contribution in [2.24, 2.45) is 9.98 Å². The van der Waals surface area contributed by atoms with E-state index in [9.17, 15) is 5.41 Å². The SMILES string of the molecule is Cc1ccccc1C(N=Cc1cccc([Si](c2ccccc2)(c2ccccc2)c2ccccc2)c1)=NC(=N)c1cccc([Si](c2ccccc2)(c2ccccc2)c2ccccc2)c1. The highest BCUT2D eigenvalue weighted by atomic mass is 28.3. The zero-order chi connectivity index (χ0) is 42.9. The summed E-state index contributed by atoms with van der Waals surface area (Å²) in [6.45, 7) is 2.07. The van der Waals surface area contributed by atoms with Crippen LogP contribution in [-0.4, -0.2) is 34.0 Å². The normalized spacial score (nSPS) is 12.0. The number of hydrogen-bond acceptors (Lipinski definition) is 1. The molecule has 0 saturated heterocycles. The van der Waals surface area contributed by atoms with Gasteiger partial charge in [-0.25, -0.2) is 9.98 Å². The van der Waals surface area contributed by atoms with E-state index in [1.165, 1.54) is 41.5 Å². The second-order valence-electron chi connectivity index (χ2n) is 15.8. The lowest BCUT2D eigenvalue weighted by atomic mass is 10.1. The largest absolute Gasteiger partial charge is 0.282 e. The molecule has 9 rings (SSSR count). The van der Waals surface area contributed by atoms with Crippen molar-refractivity contribution in [2.75, 3.05) is 0 Å². The van der Waals surface area contributed by atoms with Crippen LogP contribution in [0.4, 0.5) is 0 Å². The fourth-order valence-corrected chi connectivity index (χ4v) is 18.8. The average Bonchev–Trinajstić information content (AvgIpc) is 3.36. The molecule has 0 aromatic heterocycles. The molecule has 0 aliphatic heterocycles. The molecule has 0 bridgehead atoms. The monoisotopic (exact) mass is 841 g/mol. The summed E-state index contributed by atoms with van der Waals surface area (Å²) in [5, 5.41) is 19.9. The van der Waals surface area contributed by atoms with E-state index in [1.54, 1.807) is 0 Å². The van der Waals surface area contributed by atoms with Crippen LogP contribution in [0.3, 0.4) is 0 Å². The zero-order valence-electron chi connectivity index (χ0n) is 35.2. The first-order valence-electron chi connectivity index (χ1n) is 21.4. The molecule has 0 amide bonds. The molecule has 3 nitrogen and oxygen atoms in total. The van der Waals surface area contributed by atoms with Crippen molar-refractivity contribution < 1.29 is 0 Å². The molecule has 0 radical (unpaired) electrons. The van der Waals surface area contributed by atoms with E-state index in [4.69, 9.17) is 9.98 Å². The van der Waals surface area contributed by atoms with Gasteiger partial charge in [0.2, 0.25) is 0 Å². The van der Waals surface area contributed by atoms with Gasteiger partial charge < -0.3 is 0 Å². The topological polar surface area (TPSA) is 48.6 Å². The number of benzene rings is 9. The molecule has 63 heavy (non-hydrogen) atoms. The molecular formula is C58H47N3Si2. The van der Waals surface area contributed by atoms with E-state index in [0.717, 1.165) is 22.3 Å². The van der Waals surface area contributed by atoms with Gasteiger partial charge in [-0.1, -0.05) is 255 Å². The van der Waals surface area contributed by atoms with Gasteiger partial charge in [-0.2, -0.15) is 0 Å². The maximum Gasteiger partial charge on any atom is 0.179 e. The molecule has 0 spiro atoms. The minimum Gasteiger partial charge on any atom is -0.282 e. The number of aliphatic imine (C=N–C) groups is 2. The van der Waals surface area contributed by atoms with Gasteiger partial charge in [-0.3, -0.25) is 5.41 Å². The number of amidine groups is 2. The first-order chi connectivity index (χ1) is 31.1. The van der Waals surface area contributed by atoms with Crippen LogP contribution < -0.4 is 41.5 Å². The molecule has 0 saturated carbocycles. The Labute approximate surface area is 373 Å². The van der Waals surface area contributed by atoms with Gasteiger partial charge in [0.15, 0.2) is 27.8 Å². The van der Waals surface area contributed by atoms with Crippen molar-refractivity contribution in [1.82, 2.24) is 0 Å². The molecule has 9 aromatic carbocycles. The maximum absolute atomic E-state index is 9.64. The minimum absolute atomic E-state index is 0.154. The van der Waals surface area contributed by atoms with Crippen LogP contribution in [0.2, 0.25) is 0 Å². The van der Waals surface area contributed by atoms with E-state index in [1.807, 2.05) is 30.5 Å². The Hall–Kier alpha value is -7.58. The Morgan fingerprint density at radius 3 is 1.14 bits per heavy atom. The van der Waals surface area contributed by atoms with E-state index in [0.29, 0.717) is 5.84 Å². The van der Waals surface area contributed by atoms with Crippen LogP contribution in [0, 0.1) is 12.3 Å². The maximum atomic E-state index is 9.64. The predicted octanol–water partition coefficient (Wildman–Crippen LogP) is 7.64. The molecule has 0 unspecified atom stereocenters. The highest BCUT2D eigenvalue weighted by Crippen LogP contribution is 2.16.